The molecule has 0 aliphatic carbocycles. The van der Waals surface area contributed by atoms with Gasteiger partial charge in [0.1, 0.15) is 0 Å². The molecular formula is C34H50N8O18. The number of hydrogen-bond acceptors (Lipinski definition) is 16. The minimum atomic E-state index is -1.29. The van der Waals surface area contributed by atoms with Crippen molar-refractivity contribution in [3.05, 3.63) is 24.3 Å². The van der Waals surface area contributed by atoms with Crippen LogP contribution < -0.4 is 10.6 Å². The Morgan fingerprint density at radius 2 is 0.467 bits per heavy atom. The number of aliphatic carboxylic acids is 8. The number of carbonyl (C=O) groups is 10. The number of nitrogens with one attached hydrogen (secondary N) is 2. The van der Waals surface area contributed by atoms with E-state index < -0.39 is 125 Å². The zero-order chi connectivity index (χ0) is 45.4. The molecule has 334 valence electrons. The van der Waals surface area contributed by atoms with Gasteiger partial charge in [0.05, 0.1) is 65.4 Å². The van der Waals surface area contributed by atoms with E-state index in [1.165, 1.54) is 43.9 Å². The molecule has 10 N–H and O–H groups in total. The Kier molecular flexibility index (Phi) is 23.6. The third kappa shape index (κ3) is 25.8. The lowest BCUT2D eigenvalue weighted by atomic mass is 10.2. The second-order valence-electron chi connectivity index (χ2n) is 13.2. The third-order valence-corrected chi connectivity index (χ3v) is 7.99. The number of hydrogen-bond donors (Lipinski definition) is 10. The first-order valence-corrected chi connectivity index (χ1v) is 17.9. The van der Waals surface area contributed by atoms with Crippen LogP contribution in [-0.4, -0.2) is 248 Å². The highest BCUT2D eigenvalue weighted by Crippen LogP contribution is 2.14. The van der Waals surface area contributed by atoms with Crippen LogP contribution in [0.15, 0.2) is 24.3 Å². The monoisotopic (exact) mass is 858 g/mol. The summed E-state index contributed by atoms with van der Waals surface area (Å²) >= 11 is 0. The maximum Gasteiger partial charge on any atom is 0.317 e. The number of amides is 2. The maximum absolute atomic E-state index is 12.9. The van der Waals surface area contributed by atoms with Gasteiger partial charge in [0.15, 0.2) is 0 Å². The normalized spacial score (nSPS) is 11.3. The van der Waals surface area contributed by atoms with E-state index in [1.54, 1.807) is 0 Å². The highest BCUT2D eigenvalue weighted by Gasteiger charge is 2.22. The van der Waals surface area contributed by atoms with Crippen molar-refractivity contribution in [2.75, 3.05) is 128 Å². The van der Waals surface area contributed by atoms with E-state index in [0.717, 1.165) is 9.80 Å². The lowest BCUT2D eigenvalue weighted by Crippen LogP contribution is -2.46. The summed E-state index contributed by atoms with van der Waals surface area (Å²) in [6, 6.07) is 5.61. The number of benzene rings is 1. The first kappa shape index (κ1) is 51.7. The van der Waals surface area contributed by atoms with Crippen molar-refractivity contribution < 1.29 is 88.8 Å². The average molecular weight is 859 g/mol. The number of carboxylic acids is 8. The Balaban J connectivity index is 2.86. The van der Waals surface area contributed by atoms with Crippen molar-refractivity contribution in [1.82, 2.24) is 29.4 Å². The summed E-state index contributed by atoms with van der Waals surface area (Å²) < 4.78 is 0. The van der Waals surface area contributed by atoms with Gasteiger partial charge >= 0.3 is 47.8 Å². The van der Waals surface area contributed by atoms with Gasteiger partial charge in [0.25, 0.3) is 0 Å². The molecule has 0 fully saturated rings. The number of anilines is 2. The van der Waals surface area contributed by atoms with Gasteiger partial charge in [-0.1, -0.05) is 0 Å². The second-order valence-corrected chi connectivity index (χ2v) is 13.2. The van der Waals surface area contributed by atoms with Crippen LogP contribution >= 0.6 is 0 Å². The number of rotatable bonds is 34. The van der Waals surface area contributed by atoms with Crippen molar-refractivity contribution in [1.29, 1.82) is 0 Å². The summed E-state index contributed by atoms with van der Waals surface area (Å²) in [6.07, 6.45) is 0. The molecule has 0 radical (unpaired) electrons. The lowest BCUT2D eigenvalue weighted by molar-refractivity contribution is -0.144. The minimum absolute atomic E-state index is 0.0817. The van der Waals surface area contributed by atoms with E-state index >= 15 is 0 Å². The van der Waals surface area contributed by atoms with Crippen molar-refractivity contribution >= 4 is 70.9 Å². The van der Waals surface area contributed by atoms with Gasteiger partial charge in [-0.05, 0) is 24.3 Å². The summed E-state index contributed by atoms with van der Waals surface area (Å²) in [4.78, 5) is 123. The molecule has 0 saturated heterocycles. The van der Waals surface area contributed by atoms with E-state index in [2.05, 4.69) is 10.6 Å². The van der Waals surface area contributed by atoms with E-state index in [-0.39, 0.29) is 63.7 Å². The Bertz CT molecular complexity index is 1510. The van der Waals surface area contributed by atoms with E-state index in [9.17, 15) is 68.4 Å². The summed E-state index contributed by atoms with van der Waals surface area (Å²) in [6.45, 7) is -6.52. The van der Waals surface area contributed by atoms with Gasteiger partial charge in [0.2, 0.25) is 11.8 Å². The van der Waals surface area contributed by atoms with Crippen LogP contribution in [-0.2, 0) is 47.9 Å². The van der Waals surface area contributed by atoms with Gasteiger partial charge in [-0.2, -0.15) is 0 Å². The molecule has 0 bridgehead atoms. The Hall–Kier alpha value is -6.32. The standard InChI is InChI=1S/C34H50N8O18/c43-25(13-39(17-29(49)50)9-5-37(15-27(45)46)7-11-41(19-31(53)54)20-32(55)56)35-23-1-2-24(4-3-23)36-26(44)14-40(18-30(51)52)10-6-38(16-28(47)48)8-12-42(21-33(57)58)22-34(59)60/h1-4H,5-22H2,(H,35,43)(H,36,44)(H,45,46)(H,47,48)(H,49,50)(H,51,52)(H,53,54)(H,55,56)(H,57,58)(H,59,60). The predicted octanol–water partition coefficient (Wildman–Crippen LogP) is -3.95. The van der Waals surface area contributed by atoms with Crippen molar-refractivity contribution in [3.63, 3.8) is 0 Å². The Labute approximate surface area is 341 Å². The van der Waals surface area contributed by atoms with Crippen LogP contribution in [0.3, 0.4) is 0 Å². The predicted molar refractivity (Wildman–Crippen MR) is 203 cm³/mol. The molecule has 0 spiro atoms. The van der Waals surface area contributed by atoms with Crippen molar-refractivity contribution in [2.45, 2.75) is 0 Å². The quantitative estimate of drug-likeness (QED) is 0.0316. The number of nitrogens with zero attached hydrogens (tertiary/aromatic N) is 6. The first-order valence-electron chi connectivity index (χ1n) is 17.9. The zero-order valence-electron chi connectivity index (χ0n) is 32.4. The van der Waals surface area contributed by atoms with Crippen molar-refractivity contribution in [2.24, 2.45) is 0 Å². The van der Waals surface area contributed by atoms with Gasteiger partial charge in [-0.3, -0.25) is 77.3 Å². The molecule has 0 aromatic heterocycles. The lowest BCUT2D eigenvalue weighted by Gasteiger charge is -2.27. The first-order chi connectivity index (χ1) is 28.1. The van der Waals surface area contributed by atoms with E-state index in [4.69, 9.17) is 20.4 Å². The molecular weight excluding hydrogens is 808 g/mol. The Morgan fingerprint density at radius 1 is 0.300 bits per heavy atom. The molecule has 2 amide bonds. The van der Waals surface area contributed by atoms with E-state index in [0.29, 0.717) is 0 Å². The molecule has 26 heteroatoms. The Morgan fingerprint density at radius 3 is 0.667 bits per heavy atom. The van der Waals surface area contributed by atoms with Crippen molar-refractivity contribution in [3.8, 4) is 0 Å². The third-order valence-electron chi connectivity index (χ3n) is 7.99. The van der Waals surface area contributed by atoms with Gasteiger partial charge in [-0.25, -0.2) is 0 Å². The fourth-order valence-electron chi connectivity index (χ4n) is 5.50. The molecule has 0 saturated carbocycles. The highest BCUT2D eigenvalue weighted by molar-refractivity contribution is 5.94. The highest BCUT2D eigenvalue weighted by atomic mass is 16.4. The minimum Gasteiger partial charge on any atom is -0.480 e. The summed E-state index contributed by atoms with van der Waals surface area (Å²) in [5.41, 5.74) is 0.461. The fourth-order valence-corrected chi connectivity index (χ4v) is 5.50. The van der Waals surface area contributed by atoms with Crippen LogP contribution in [0, 0.1) is 0 Å². The molecule has 0 unspecified atom stereocenters. The molecule has 1 aromatic carbocycles. The van der Waals surface area contributed by atoms with Crippen LogP contribution in [0.1, 0.15) is 0 Å². The molecule has 1 aromatic rings. The topological polar surface area (TPSA) is 376 Å². The molecule has 0 aliphatic heterocycles. The molecule has 0 atom stereocenters. The largest absolute Gasteiger partial charge is 0.480 e. The fraction of sp³-hybridized carbons (Fsp3) is 0.529. The summed E-state index contributed by atoms with van der Waals surface area (Å²) in [7, 11) is 0. The maximum atomic E-state index is 12.9. The SMILES string of the molecule is O=C(O)CN(CCN(CC(=O)O)CC(=O)O)CCN(CC(=O)O)CC(=O)Nc1ccc(NC(=O)CN(CCN(CCN(CC(=O)O)CC(=O)O)CC(=O)O)CC(=O)O)cc1. The molecule has 0 heterocycles. The number of carbonyl (C=O) groups excluding carboxylic acids is 2. The van der Waals surface area contributed by atoms with Crippen LogP contribution in [0.5, 0.6) is 0 Å². The van der Waals surface area contributed by atoms with E-state index in [1.807, 2.05) is 0 Å². The summed E-state index contributed by atoms with van der Waals surface area (Å²) in [5, 5.41) is 78.7. The average Bonchev–Trinajstić information content (AvgIpc) is 3.09. The second kappa shape index (κ2) is 27.4. The molecule has 26 nitrogen and oxygen atoms in total. The summed E-state index contributed by atoms with van der Waals surface area (Å²) in [5.74, 6) is -11.6. The van der Waals surface area contributed by atoms with Gasteiger partial charge in [-0.15, -0.1) is 0 Å². The van der Waals surface area contributed by atoms with Crippen LogP contribution in [0.25, 0.3) is 0 Å². The smallest absolute Gasteiger partial charge is 0.317 e. The van der Waals surface area contributed by atoms with Crippen LogP contribution in [0.2, 0.25) is 0 Å². The van der Waals surface area contributed by atoms with Gasteiger partial charge < -0.3 is 51.5 Å². The van der Waals surface area contributed by atoms with Crippen LogP contribution in [0.4, 0.5) is 11.4 Å². The van der Waals surface area contributed by atoms with Gasteiger partial charge in [0, 0.05) is 63.7 Å². The number of carboxylic acid groups (broad SMARTS) is 8. The molecule has 0 aliphatic rings. The zero-order valence-corrected chi connectivity index (χ0v) is 32.4. The molecule has 60 heavy (non-hydrogen) atoms. The molecule has 1 rings (SSSR count).